The quantitative estimate of drug-likeness (QED) is 0.535. The van der Waals surface area contributed by atoms with Crippen molar-refractivity contribution in [2.24, 2.45) is 7.05 Å². The van der Waals surface area contributed by atoms with E-state index in [-0.39, 0.29) is 12.3 Å². The molecule has 0 aliphatic rings. The third kappa shape index (κ3) is 2.62. The molecule has 0 aliphatic heterocycles. The summed E-state index contributed by atoms with van der Waals surface area (Å²) in [4.78, 5) is 12.8. The molecule has 0 amide bonds. The number of nitrogens with zero attached hydrogens (tertiary/aromatic N) is 2. The smallest absolute Gasteiger partial charge is 0.254 e. The molecule has 24 heavy (non-hydrogen) atoms. The van der Waals surface area contributed by atoms with Gasteiger partial charge >= 0.3 is 0 Å². The van der Waals surface area contributed by atoms with Crippen molar-refractivity contribution in [1.29, 1.82) is 0 Å². The second kappa shape index (κ2) is 6.35. The van der Waals surface area contributed by atoms with Gasteiger partial charge in [-0.2, -0.15) is 0 Å². The number of ketones is 1. The third-order valence-electron chi connectivity index (χ3n) is 4.42. The fourth-order valence-electron chi connectivity index (χ4n) is 2.96. The first kappa shape index (κ1) is 16.1. The Bertz CT molecular complexity index is 912. The van der Waals surface area contributed by atoms with Gasteiger partial charge in [-0.1, -0.05) is 12.1 Å². The molecule has 0 aliphatic carbocycles. The van der Waals surface area contributed by atoms with Gasteiger partial charge in [0.25, 0.3) is 5.82 Å². The number of aromatic nitrogens is 2. The van der Waals surface area contributed by atoms with Crippen molar-refractivity contribution < 1.29 is 18.8 Å². The number of hydrogen-bond donors (Lipinski definition) is 0. The maximum Gasteiger partial charge on any atom is 0.254 e. The van der Waals surface area contributed by atoms with Crippen molar-refractivity contribution >= 4 is 16.8 Å². The van der Waals surface area contributed by atoms with Gasteiger partial charge in [-0.05, 0) is 24.3 Å². The molecule has 0 unspecified atom stereocenters. The van der Waals surface area contributed by atoms with Crippen LogP contribution in [0.4, 0.5) is 0 Å². The van der Waals surface area contributed by atoms with Crippen molar-refractivity contribution in [3.05, 3.63) is 53.9 Å². The summed E-state index contributed by atoms with van der Waals surface area (Å²) in [7, 11) is 5.15. The Balaban J connectivity index is 2.01. The van der Waals surface area contributed by atoms with Crippen LogP contribution in [0.1, 0.15) is 16.2 Å². The number of rotatable bonds is 5. The molecule has 0 saturated carbocycles. The fraction of sp³-hybridized carbons (Fsp3) is 0.263. The SMILES string of the molecule is COc1ccc(C(=O)Cn2c(C)[n+](C)c3ccccc32)c(OC)c1. The van der Waals surface area contributed by atoms with Crippen LogP contribution < -0.4 is 14.0 Å². The molecule has 2 aromatic carbocycles. The van der Waals surface area contributed by atoms with Crippen molar-refractivity contribution in [2.45, 2.75) is 13.5 Å². The van der Waals surface area contributed by atoms with Crippen LogP contribution in [0, 0.1) is 6.92 Å². The number of benzene rings is 2. The second-order valence-corrected chi connectivity index (χ2v) is 5.67. The molecule has 0 atom stereocenters. The lowest BCUT2D eigenvalue weighted by atomic mass is 10.1. The molecule has 124 valence electrons. The van der Waals surface area contributed by atoms with Crippen LogP contribution in [0.2, 0.25) is 0 Å². The molecular formula is C19H21N2O3+. The van der Waals surface area contributed by atoms with Crippen LogP contribution in [-0.2, 0) is 13.6 Å². The zero-order chi connectivity index (χ0) is 17.3. The highest BCUT2D eigenvalue weighted by Gasteiger charge is 2.23. The molecule has 5 heteroatoms. The lowest BCUT2D eigenvalue weighted by molar-refractivity contribution is -0.652. The minimum atomic E-state index is -0.000967. The second-order valence-electron chi connectivity index (χ2n) is 5.67. The Morgan fingerprint density at radius 1 is 1.12 bits per heavy atom. The summed E-state index contributed by atoms with van der Waals surface area (Å²) in [6.07, 6.45) is 0. The van der Waals surface area contributed by atoms with Crippen molar-refractivity contribution in [2.75, 3.05) is 14.2 Å². The summed E-state index contributed by atoms with van der Waals surface area (Å²) in [6.45, 7) is 2.27. The number of imidazole rings is 1. The molecule has 3 rings (SSSR count). The number of fused-ring (bicyclic) bond motifs is 1. The standard InChI is InChI=1S/C19H21N2O3/c1-13-20(2)16-7-5-6-8-17(16)21(13)12-18(22)15-10-9-14(23-3)11-19(15)24-4/h5-11H,12H2,1-4H3/q+1. The van der Waals surface area contributed by atoms with E-state index < -0.39 is 0 Å². The summed E-state index contributed by atoms with van der Waals surface area (Å²) >= 11 is 0. The van der Waals surface area contributed by atoms with Crippen LogP contribution in [0.5, 0.6) is 11.5 Å². The monoisotopic (exact) mass is 325 g/mol. The Morgan fingerprint density at radius 2 is 1.88 bits per heavy atom. The van der Waals surface area contributed by atoms with Gasteiger partial charge in [-0.25, -0.2) is 9.13 Å². The predicted molar refractivity (Wildman–Crippen MR) is 91.7 cm³/mol. The van der Waals surface area contributed by atoms with Crippen LogP contribution in [0.25, 0.3) is 11.0 Å². The molecule has 0 spiro atoms. The van der Waals surface area contributed by atoms with Gasteiger partial charge in [-0.15, -0.1) is 0 Å². The van der Waals surface area contributed by atoms with Crippen molar-refractivity contribution in [3.8, 4) is 11.5 Å². The highest BCUT2D eigenvalue weighted by molar-refractivity contribution is 5.99. The van der Waals surface area contributed by atoms with E-state index in [0.29, 0.717) is 17.1 Å². The van der Waals surface area contributed by atoms with E-state index in [1.54, 1.807) is 32.4 Å². The number of hydrogen-bond acceptors (Lipinski definition) is 3. The van der Waals surface area contributed by atoms with Gasteiger partial charge in [0.05, 0.1) is 26.8 Å². The van der Waals surface area contributed by atoms with Crippen molar-refractivity contribution in [3.63, 3.8) is 0 Å². The summed E-state index contributed by atoms with van der Waals surface area (Å²) in [6, 6.07) is 13.3. The molecule has 0 radical (unpaired) electrons. The number of methoxy groups -OCH3 is 2. The van der Waals surface area contributed by atoms with Crippen LogP contribution in [0.15, 0.2) is 42.5 Å². The largest absolute Gasteiger partial charge is 0.497 e. The molecule has 0 fully saturated rings. The number of aryl methyl sites for hydroxylation is 1. The van der Waals surface area contributed by atoms with Crippen molar-refractivity contribution in [1.82, 2.24) is 4.57 Å². The first-order valence-corrected chi connectivity index (χ1v) is 7.76. The van der Waals surface area contributed by atoms with E-state index in [1.165, 1.54) is 0 Å². The molecule has 0 bridgehead atoms. The van der Waals surface area contributed by atoms with Crippen LogP contribution in [0.3, 0.4) is 0 Å². The van der Waals surface area contributed by atoms with E-state index in [2.05, 4.69) is 10.6 Å². The number of ether oxygens (including phenoxy) is 2. The Kier molecular flexibility index (Phi) is 4.25. The zero-order valence-corrected chi connectivity index (χ0v) is 14.4. The average Bonchev–Trinajstić information content (AvgIpc) is 2.86. The third-order valence-corrected chi connectivity index (χ3v) is 4.42. The maximum atomic E-state index is 12.8. The summed E-state index contributed by atoms with van der Waals surface area (Å²) < 4.78 is 14.7. The molecule has 1 heterocycles. The van der Waals surface area contributed by atoms with Gasteiger partial charge in [0, 0.05) is 13.0 Å². The fourth-order valence-corrected chi connectivity index (χ4v) is 2.96. The molecule has 0 saturated heterocycles. The first-order valence-electron chi connectivity index (χ1n) is 7.76. The topological polar surface area (TPSA) is 44.3 Å². The first-order chi connectivity index (χ1) is 11.6. The van der Waals surface area contributed by atoms with E-state index >= 15 is 0 Å². The van der Waals surface area contributed by atoms with Crippen LogP contribution in [-0.4, -0.2) is 24.6 Å². The molecule has 1 aromatic heterocycles. The maximum absolute atomic E-state index is 12.8. The summed E-state index contributed by atoms with van der Waals surface area (Å²) in [5.41, 5.74) is 2.70. The number of carbonyl (C=O) groups is 1. The number of carbonyl (C=O) groups excluding carboxylic acids is 1. The Hall–Kier alpha value is -2.82. The zero-order valence-electron chi connectivity index (χ0n) is 14.4. The summed E-state index contributed by atoms with van der Waals surface area (Å²) in [5.74, 6) is 2.21. The number of para-hydroxylation sites is 2. The van der Waals surface area contributed by atoms with E-state index in [9.17, 15) is 4.79 Å². The highest BCUT2D eigenvalue weighted by Crippen LogP contribution is 2.26. The van der Waals surface area contributed by atoms with Gasteiger partial charge < -0.3 is 9.47 Å². The lowest BCUT2D eigenvalue weighted by Crippen LogP contribution is -2.31. The van der Waals surface area contributed by atoms with E-state index in [4.69, 9.17) is 9.47 Å². The minimum Gasteiger partial charge on any atom is -0.497 e. The molecule has 3 aromatic rings. The Morgan fingerprint density at radius 3 is 2.58 bits per heavy atom. The highest BCUT2D eigenvalue weighted by atomic mass is 16.5. The number of Topliss-reactive ketones (excluding diaryl/α,β-unsaturated/α-hetero) is 1. The molecule has 5 nitrogen and oxygen atoms in total. The van der Waals surface area contributed by atoms with E-state index in [1.807, 2.05) is 36.7 Å². The molecular weight excluding hydrogens is 304 g/mol. The van der Waals surface area contributed by atoms with Crippen LogP contribution >= 0.6 is 0 Å². The van der Waals surface area contributed by atoms with E-state index in [0.717, 1.165) is 16.9 Å². The van der Waals surface area contributed by atoms with Gasteiger partial charge in [0.1, 0.15) is 11.5 Å². The summed E-state index contributed by atoms with van der Waals surface area (Å²) in [5, 5.41) is 0. The van der Waals surface area contributed by atoms with Gasteiger partial charge in [0.15, 0.2) is 17.6 Å². The predicted octanol–water partition coefficient (Wildman–Crippen LogP) is 2.67. The average molecular weight is 325 g/mol. The normalized spacial score (nSPS) is 10.8. The van der Waals surface area contributed by atoms with Gasteiger partial charge in [-0.3, -0.25) is 4.79 Å². The Labute approximate surface area is 141 Å². The molecule has 0 N–H and O–H groups in total. The van der Waals surface area contributed by atoms with Gasteiger partial charge in [0.2, 0.25) is 5.78 Å². The lowest BCUT2D eigenvalue weighted by Gasteiger charge is -2.09. The minimum absolute atomic E-state index is 0.000967.